The van der Waals surface area contributed by atoms with Gasteiger partial charge in [-0.3, -0.25) is 9.59 Å². The second-order valence-electron chi connectivity index (χ2n) is 4.13. The van der Waals surface area contributed by atoms with Crippen LogP contribution in [-0.2, 0) is 23.8 Å². The second kappa shape index (κ2) is 8.03. The molecule has 6 nitrogen and oxygen atoms in total. The van der Waals surface area contributed by atoms with Crippen molar-refractivity contribution in [1.82, 2.24) is 0 Å². The van der Waals surface area contributed by atoms with Gasteiger partial charge in [0.1, 0.15) is 13.2 Å². The van der Waals surface area contributed by atoms with Crippen LogP contribution in [0.25, 0.3) is 0 Å². The molecule has 0 aromatic rings. The molecule has 6 heteroatoms. The Labute approximate surface area is 101 Å². The third kappa shape index (κ3) is 6.91. The molecule has 0 aromatic heterocycles. The fourth-order valence-corrected chi connectivity index (χ4v) is 1.06. The van der Waals surface area contributed by atoms with Gasteiger partial charge in [0.2, 0.25) is 0 Å². The molecule has 0 saturated carbocycles. The van der Waals surface area contributed by atoms with Gasteiger partial charge in [-0.15, -0.1) is 0 Å². The summed E-state index contributed by atoms with van der Waals surface area (Å²) in [7, 11) is 1.51. The molecule has 0 saturated heterocycles. The van der Waals surface area contributed by atoms with E-state index >= 15 is 0 Å². The highest BCUT2D eigenvalue weighted by molar-refractivity contribution is 5.82. The van der Waals surface area contributed by atoms with Crippen LogP contribution in [0.2, 0.25) is 0 Å². The van der Waals surface area contributed by atoms with Crippen LogP contribution in [0.5, 0.6) is 0 Å². The van der Waals surface area contributed by atoms with E-state index in [0.29, 0.717) is 6.61 Å². The Morgan fingerprint density at radius 1 is 1.12 bits per heavy atom. The third-order valence-electron chi connectivity index (χ3n) is 2.01. The van der Waals surface area contributed by atoms with Crippen LogP contribution in [0, 0.1) is 5.41 Å². The molecule has 0 spiro atoms. The van der Waals surface area contributed by atoms with Gasteiger partial charge in [-0.2, -0.15) is 0 Å². The third-order valence-corrected chi connectivity index (χ3v) is 2.01. The molecule has 0 fully saturated rings. The minimum Gasteiger partial charge on any atom is -0.463 e. The van der Waals surface area contributed by atoms with Gasteiger partial charge in [0.25, 0.3) is 0 Å². The number of aliphatic hydroxyl groups excluding tert-OH is 1. The molecule has 0 unspecified atom stereocenters. The van der Waals surface area contributed by atoms with Crippen LogP contribution in [0.4, 0.5) is 0 Å². The summed E-state index contributed by atoms with van der Waals surface area (Å²) < 4.78 is 14.4. The summed E-state index contributed by atoms with van der Waals surface area (Å²) in [4.78, 5) is 22.9. The standard InChI is InChI=1S/C11H20O6/c1-11(2,8-9(13)16-5-4-12)10(14)17-7-6-15-3/h12H,4-8H2,1-3H3. The van der Waals surface area contributed by atoms with Crippen LogP contribution in [0.1, 0.15) is 20.3 Å². The number of rotatable bonds is 8. The molecule has 0 heterocycles. The van der Waals surface area contributed by atoms with Crippen molar-refractivity contribution in [2.24, 2.45) is 5.41 Å². The summed E-state index contributed by atoms with van der Waals surface area (Å²) in [5.41, 5.74) is -0.944. The van der Waals surface area contributed by atoms with Crippen molar-refractivity contribution in [3.8, 4) is 0 Å². The average Bonchev–Trinajstić information content (AvgIpc) is 2.26. The van der Waals surface area contributed by atoms with E-state index in [1.54, 1.807) is 13.8 Å². The zero-order valence-corrected chi connectivity index (χ0v) is 10.5. The predicted molar refractivity (Wildman–Crippen MR) is 59.3 cm³/mol. The highest BCUT2D eigenvalue weighted by atomic mass is 16.6. The Balaban J connectivity index is 4.07. The molecule has 0 aliphatic carbocycles. The van der Waals surface area contributed by atoms with E-state index in [2.05, 4.69) is 4.74 Å². The number of carbonyl (C=O) groups is 2. The normalized spacial score (nSPS) is 11.1. The Bertz CT molecular complexity index is 248. The van der Waals surface area contributed by atoms with Gasteiger partial charge in [-0.25, -0.2) is 0 Å². The van der Waals surface area contributed by atoms with E-state index in [1.807, 2.05) is 0 Å². The van der Waals surface area contributed by atoms with Crippen molar-refractivity contribution in [3.63, 3.8) is 0 Å². The van der Waals surface area contributed by atoms with Crippen molar-refractivity contribution < 1.29 is 28.9 Å². The van der Waals surface area contributed by atoms with Crippen molar-refractivity contribution in [2.75, 3.05) is 33.5 Å². The van der Waals surface area contributed by atoms with Crippen LogP contribution in [0.15, 0.2) is 0 Å². The highest BCUT2D eigenvalue weighted by Gasteiger charge is 2.32. The van der Waals surface area contributed by atoms with Crippen molar-refractivity contribution in [3.05, 3.63) is 0 Å². The summed E-state index contributed by atoms with van der Waals surface area (Å²) in [6.07, 6.45) is -0.0845. The lowest BCUT2D eigenvalue weighted by Crippen LogP contribution is -2.31. The molecular formula is C11H20O6. The van der Waals surface area contributed by atoms with E-state index < -0.39 is 17.4 Å². The van der Waals surface area contributed by atoms with Crippen molar-refractivity contribution in [2.45, 2.75) is 20.3 Å². The van der Waals surface area contributed by atoms with Crippen LogP contribution < -0.4 is 0 Å². The second-order valence-corrected chi connectivity index (χ2v) is 4.13. The molecule has 0 aliphatic heterocycles. The van der Waals surface area contributed by atoms with Crippen LogP contribution in [0.3, 0.4) is 0 Å². The number of ether oxygens (including phenoxy) is 3. The van der Waals surface area contributed by atoms with Crippen LogP contribution >= 0.6 is 0 Å². The number of aliphatic hydroxyl groups is 1. The fraction of sp³-hybridized carbons (Fsp3) is 0.818. The summed E-state index contributed by atoms with van der Waals surface area (Å²) in [6, 6.07) is 0. The van der Waals surface area contributed by atoms with E-state index in [1.165, 1.54) is 7.11 Å². The lowest BCUT2D eigenvalue weighted by Gasteiger charge is -2.21. The van der Waals surface area contributed by atoms with Gasteiger partial charge in [0.15, 0.2) is 0 Å². The van der Waals surface area contributed by atoms with Crippen molar-refractivity contribution >= 4 is 11.9 Å². The van der Waals surface area contributed by atoms with Crippen molar-refractivity contribution in [1.29, 1.82) is 0 Å². The average molecular weight is 248 g/mol. The first kappa shape index (κ1) is 15.9. The van der Waals surface area contributed by atoms with Gasteiger partial charge in [-0.05, 0) is 13.8 Å². The summed E-state index contributed by atoms with van der Waals surface area (Å²) in [6.45, 7) is 3.38. The number of esters is 2. The molecule has 0 amide bonds. The number of carbonyl (C=O) groups excluding carboxylic acids is 2. The molecule has 17 heavy (non-hydrogen) atoms. The number of hydrogen-bond donors (Lipinski definition) is 1. The zero-order chi connectivity index (χ0) is 13.3. The first-order valence-electron chi connectivity index (χ1n) is 5.36. The molecular weight excluding hydrogens is 228 g/mol. The molecule has 0 bridgehead atoms. The summed E-state index contributed by atoms with van der Waals surface area (Å²) >= 11 is 0. The van der Waals surface area contributed by atoms with Gasteiger partial charge >= 0.3 is 11.9 Å². The topological polar surface area (TPSA) is 82.1 Å². The maximum atomic E-state index is 11.6. The summed E-state index contributed by atoms with van der Waals surface area (Å²) in [5, 5.41) is 8.48. The van der Waals surface area contributed by atoms with Crippen LogP contribution in [-0.4, -0.2) is 50.6 Å². The SMILES string of the molecule is COCCOC(=O)C(C)(C)CC(=O)OCCO. The maximum Gasteiger partial charge on any atom is 0.312 e. The monoisotopic (exact) mass is 248 g/mol. The minimum atomic E-state index is -0.944. The highest BCUT2D eigenvalue weighted by Crippen LogP contribution is 2.22. The maximum absolute atomic E-state index is 11.6. The largest absolute Gasteiger partial charge is 0.463 e. The quantitative estimate of drug-likeness (QED) is 0.485. The molecule has 0 atom stereocenters. The first-order valence-corrected chi connectivity index (χ1v) is 5.36. The van der Waals surface area contributed by atoms with Gasteiger partial charge < -0.3 is 19.3 Å². The Hall–Kier alpha value is -1.14. The van der Waals surface area contributed by atoms with E-state index in [9.17, 15) is 9.59 Å². The predicted octanol–water partition coefficient (Wildman–Crippen LogP) is 0.128. The van der Waals surface area contributed by atoms with E-state index in [-0.39, 0.29) is 26.2 Å². The van der Waals surface area contributed by atoms with Gasteiger partial charge in [-0.1, -0.05) is 0 Å². The minimum absolute atomic E-state index is 0.0619. The fourth-order valence-electron chi connectivity index (χ4n) is 1.06. The zero-order valence-electron chi connectivity index (χ0n) is 10.5. The molecule has 0 radical (unpaired) electrons. The Morgan fingerprint density at radius 2 is 1.76 bits per heavy atom. The molecule has 1 N–H and O–H groups in total. The lowest BCUT2D eigenvalue weighted by atomic mass is 9.89. The van der Waals surface area contributed by atoms with E-state index in [0.717, 1.165) is 0 Å². The number of hydrogen-bond acceptors (Lipinski definition) is 6. The van der Waals surface area contributed by atoms with Gasteiger partial charge in [0.05, 0.1) is 25.0 Å². The Morgan fingerprint density at radius 3 is 2.29 bits per heavy atom. The first-order chi connectivity index (χ1) is 7.94. The van der Waals surface area contributed by atoms with E-state index in [4.69, 9.17) is 14.6 Å². The smallest absolute Gasteiger partial charge is 0.312 e. The molecule has 0 rings (SSSR count). The lowest BCUT2D eigenvalue weighted by molar-refractivity contribution is -0.161. The number of methoxy groups -OCH3 is 1. The molecule has 0 aliphatic rings. The van der Waals surface area contributed by atoms with Gasteiger partial charge in [0, 0.05) is 7.11 Å². The molecule has 100 valence electrons. The Kier molecular flexibility index (Phi) is 7.49. The summed E-state index contributed by atoms with van der Waals surface area (Å²) in [5.74, 6) is -1.01. The molecule has 0 aromatic carbocycles.